The van der Waals surface area contributed by atoms with Crippen LogP contribution in [-0.4, -0.2) is 83.0 Å². The Balaban J connectivity index is 1.23. The van der Waals surface area contributed by atoms with Gasteiger partial charge in [0, 0.05) is 38.1 Å². The molecule has 0 aromatic carbocycles. The normalized spacial score (nSPS) is 36.4. The molecule has 6 atom stereocenters. The number of piperidine rings is 1. The molecule has 0 radical (unpaired) electrons. The van der Waals surface area contributed by atoms with Gasteiger partial charge in [0.05, 0.1) is 6.04 Å². The van der Waals surface area contributed by atoms with Crippen LogP contribution in [0.1, 0.15) is 72.1 Å². The summed E-state index contributed by atoms with van der Waals surface area (Å²) in [5.74, 6) is 0.355. The summed E-state index contributed by atoms with van der Waals surface area (Å²) in [6.07, 6.45) is 7.93. The molecule has 2 saturated carbocycles. The molecule has 0 spiro atoms. The molecule has 9 nitrogen and oxygen atoms in total. The van der Waals surface area contributed by atoms with Crippen LogP contribution in [0.25, 0.3) is 0 Å². The Hall–Kier alpha value is -1.71. The van der Waals surface area contributed by atoms with E-state index in [-0.39, 0.29) is 35.8 Å². The average Bonchev–Trinajstić information content (AvgIpc) is 3.32. The van der Waals surface area contributed by atoms with E-state index in [1.807, 2.05) is 25.7 Å². The molecule has 3 aliphatic heterocycles. The summed E-state index contributed by atoms with van der Waals surface area (Å²) >= 11 is 0. The van der Waals surface area contributed by atoms with Crippen LogP contribution in [0, 0.1) is 11.8 Å². The molecule has 5 aliphatic rings. The highest BCUT2D eigenvalue weighted by atomic mass is 16.6. The van der Waals surface area contributed by atoms with Gasteiger partial charge in [0.2, 0.25) is 11.8 Å². The van der Waals surface area contributed by atoms with Gasteiger partial charge in [-0.1, -0.05) is 12.8 Å². The second kappa shape index (κ2) is 8.75. The zero-order valence-corrected chi connectivity index (χ0v) is 21.1. The Morgan fingerprint density at radius 3 is 2.44 bits per heavy atom. The Bertz CT molecular complexity index is 824. The molecule has 190 valence electrons. The van der Waals surface area contributed by atoms with Crippen LogP contribution in [0.15, 0.2) is 0 Å². The summed E-state index contributed by atoms with van der Waals surface area (Å²) < 4.78 is 5.62. The minimum Gasteiger partial charge on any atom is -0.458 e. The van der Waals surface area contributed by atoms with E-state index in [0.717, 1.165) is 12.8 Å². The lowest BCUT2D eigenvalue weighted by atomic mass is 9.84. The van der Waals surface area contributed by atoms with Crippen molar-refractivity contribution in [3.05, 3.63) is 0 Å². The lowest BCUT2D eigenvalue weighted by Gasteiger charge is -2.38. The Labute approximate surface area is 202 Å². The van der Waals surface area contributed by atoms with Crippen molar-refractivity contribution < 1.29 is 19.1 Å². The highest BCUT2D eigenvalue weighted by molar-refractivity contribution is 5.93. The first kappa shape index (κ1) is 24.0. The SMILES string of the molecule is CN(C(=O)C1NNC2CCN(C(=O)C3CC4CCCCC4N3)CC21)C1(C(=O)OC(C)(C)C)CC1. The number of likely N-dealkylation sites (tertiary alicyclic amines) is 1. The highest BCUT2D eigenvalue weighted by Crippen LogP contribution is 2.44. The average molecular weight is 476 g/mol. The lowest BCUT2D eigenvalue weighted by Crippen LogP contribution is -2.57. The molecule has 3 saturated heterocycles. The first-order valence-corrected chi connectivity index (χ1v) is 13.2. The molecule has 3 N–H and O–H groups in total. The number of hydrazine groups is 1. The second-order valence-electron chi connectivity index (χ2n) is 12.1. The van der Waals surface area contributed by atoms with Crippen molar-refractivity contribution in [2.45, 2.75) is 107 Å². The summed E-state index contributed by atoms with van der Waals surface area (Å²) in [6.45, 7) is 6.80. The number of nitrogens with zero attached hydrogens (tertiary/aromatic N) is 2. The van der Waals surface area contributed by atoms with Crippen molar-refractivity contribution in [1.29, 1.82) is 0 Å². The van der Waals surface area contributed by atoms with E-state index in [2.05, 4.69) is 16.2 Å². The summed E-state index contributed by atoms with van der Waals surface area (Å²) in [4.78, 5) is 43.4. The number of amides is 2. The van der Waals surface area contributed by atoms with Crippen molar-refractivity contribution in [3.63, 3.8) is 0 Å². The van der Waals surface area contributed by atoms with Crippen molar-refractivity contribution >= 4 is 17.8 Å². The number of carbonyl (C=O) groups is 3. The second-order valence-corrected chi connectivity index (χ2v) is 12.1. The number of ether oxygens (including phenoxy) is 1. The van der Waals surface area contributed by atoms with Crippen LogP contribution < -0.4 is 16.2 Å². The lowest BCUT2D eigenvalue weighted by molar-refractivity contribution is -0.166. The van der Waals surface area contributed by atoms with E-state index in [1.54, 1.807) is 11.9 Å². The van der Waals surface area contributed by atoms with Crippen molar-refractivity contribution in [2.24, 2.45) is 11.8 Å². The maximum atomic E-state index is 13.6. The van der Waals surface area contributed by atoms with E-state index >= 15 is 0 Å². The maximum Gasteiger partial charge on any atom is 0.332 e. The Morgan fingerprint density at radius 2 is 1.76 bits per heavy atom. The number of esters is 1. The largest absolute Gasteiger partial charge is 0.458 e. The standard InChI is InChI=1S/C25H41N5O4/c1-24(2,3)34-23(33)25(10-11-25)29(4)22(32)20-16-14-30(12-9-18(16)27-28-20)21(31)19-13-15-7-5-6-8-17(15)26-19/h15-20,26-28H,5-14H2,1-4H3. The number of fused-ring (bicyclic) bond motifs is 2. The molecule has 2 aliphatic carbocycles. The Kier molecular flexibility index (Phi) is 6.18. The fraction of sp³-hybridized carbons (Fsp3) is 0.880. The minimum atomic E-state index is -0.863. The van der Waals surface area contributed by atoms with Crippen LogP contribution in [0.2, 0.25) is 0 Å². The summed E-state index contributed by atoms with van der Waals surface area (Å²) in [5, 5.41) is 3.61. The third kappa shape index (κ3) is 4.35. The summed E-state index contributed by atoms with van der Waals surface area (Å²) in [5.41, 5.74) is 5.02. The van der Waals surface area contributed by atoms with Gasteiger partial charge >= 0.3 is 5.97 Å². The van der Waals surface area contributed by atoms with Gasteiger partial charge in [-0.25, -0.2) is 10.2 Å². The van der Waals surface area contributed by atoms with Crippen LogP contribution in [0.4, 0.5) is 0 Å². The van der Waals surface area contributed by atoms with E-state index in [0.29, 0.717) is 37.9 Å². The molecule has 0 aromatic rings. The zero-order valence-electron chi connectivity index (χ0n) is 21.1. The van der Waals surface area contributed by atoms with Crippen LogP contribution >= 0.6 is 0 Å². The van der Waals surface area contributed by atoms with Gasteiger partial charge in [-0.15, -0.1) is 0 Å². The van der Waals surface area contributed by atoms with Gasteiger partial charge < -0.3 is 19.9 Å². The van der Waals surface area contributed by atoms with Crippen molar-refractivity contribution in [3.8, 4) is 0 Å². The van der Waals surface area contributed by atoms with Crippen molar-refractivity contribution in [1.82, 2.24) is 26.0 Å². The molecule has 0 bridgehead atoms. The number of nitrogens with one attached hydrogen (secondary N) is 3. The molecule has 5 rings (SSSR count). The predicted molar refractivity (Wildman–Crippen MR) is 126 cm³/mol. The minimum absolute atomic E-state index is 0.0224. The van der Waals surface area contributed by atoms with Crippen LogP contribution in [-0.2, 0) is 19.1 Å². The number of hydrogen-bond donors (Lipinski definition) is 3. The van der Waals surface area contributed by atoms with Gasteiger partial charge in [0.25, 0.3) is 0 Å². The first-order valence-electron chi connectivity index (χ1n) is 13.2. The third-order valence-corrected chi connectivity index (χ3v) is 8.72. The number of hydrogen-bond acceptors (Lipinski definition) is 7. The van der Waals surface area contributed by atoms with E-state index in [9.17, 15) is 14.4 Å². The molecule has 34 heavy (non-hydrogen) atoms. The fourth-order valence-corrected chi connectivity index (χ4v) is 6.57. The van der Waals surface area contributed by atoms with Gasteiger partial charge in [-0.2, -0.15) is 0 Å². The summed E-state index contributed by atoms with van der Waals surface area (Å²) in [6, 6.07) is 0.0677. The number of carbonyl (C=O) groups excluding carboxylic acids is 3. The molecular weight excluding hydrogens is 434 g/mol. The highest BCUT2D eigenvalue weighted by Gasteiger charge is 2.59. The molecule has 2 amide bonds. The molecular formula is C25H41N5O4. The van der Waals surface area contributed by atoms with Gasteiger partial charge in [0.15, 0.2) is 0 Å². The maximum absolute atomic E-state index is 13.6. The van der Waals surface area contributed by atoms with E-state index in [1.165, 1.54) is 25.7 Å². The van der Waals surface area contributed by atoms with E-state index in [4.69, 9.17) is 4.74 Å². The smallest absolute Gasteiger partial charge is 0.332 e. The van der Waals surface area contributed by atoms with Gasteiger partial charge in [-0.05, 0) is 65.2 Å². The molecule has 3 heterocycles. The molecule has 6 unspecified atom stereocenters. The quantitative estimate of drug-likeness (QED) is 0.520. The topological polar surface area (TPSA) is 103 Å². The molecule has 0 aromatic heterocycles. The zero-order chi connectivity index (χ0) is 24.3. The third-order valence-electron chi connectivity index (χ3n) is 8.72. The fourth-order valence-electron chi connectivity index (χ4n) is 6.57. The monoisotopic (exact) mass is 475 g/mol. The number of rotatable bonds is 4. The number of likely N-dealkylation sites (N-methyl/N-ethyl adjacent to an activating group) is 1. The Morgan fingerprint density at radius 1 is 1.03 bits per heavy atom. The molecule has 9 heteroatoms. The van der Waals surface area contributed by atoms with E-state index < -0.39 is 17.2 Å². The van der Waals surface area contributed by atoms with Gasteiger partial charge in [-0.3, -0.25) is 15.0 Å². The predicted octanol–water partition coefficient (Wildman–Crippen LogP) is 0.933. The summed E-state index contributed by atoms with van der Waals surface area (Å²) in [7, 11) is 1.71. The molecule has 5 fully saturated rings. The van der Waals surface area contributed by atoms with Crippen LogP contribution in [0.5, 0.6) is 0 Å². The van der Waals surface area contributed by atoms with Gasteiger partial charge in [0.1, 0.15) is 17.2 Å². The van der Waals surface area contributed by atoms with Crippen molar-refractivity contribution in [2.75, 3.05) is 20.1 Å². The van der Waals surface area contributed by atoms with Crippen LogP contribution in [0.3, 0.4) is 0 Å². The first-order chi connectivity index (χ1) is 16.1.